The molecule has 76 valence electrons. The molecule has 1 heterocycles. The molecule has 1 aliphatic rings. The first kappa shape index (κ1) is 9.31. The molecule has 1 unspecified atom stereocenters. The van der Waals surface area contributed by atoms with Crippen LogP contribution in [0.2, 0.25) is 0 Å². The highest BCUT2D eigenvalue weighted by molar-refractivity contribution is 5.58. The maximum Gasteiger partial charge on any atom is 0.119 e. The number of halogens is 1. The van der Waals surface area contributed by atoms with Gasteiger partial charge in [-0.15, -0.1) is 0 Å². The minimum Gasteiger partial charge on any atom is -0.399 e. The van der Waals surface area contributed by atoms with Gasteiger partial charge >= 0.3 is 0 Å². The molecule has 0 aliphatic carbocycles. The Bertz CT molecular complexity index is 338. The number of nitrogens with zero attached hydrogens (tertiary/aromatic N) is 1. The van der Waals surface area contributed by atoms with E-state index in [0.29, 0.717) is 13.0 Å². The Hall–Kier alpha value is -1.25. The summed E-state index contributed by atoms with van der Waals surface area (Å²) in [7, 11) is 0. The maximum absolute atomic E-state index is 13.0. The fourth-order valence-electron chi connectivity index (χ4n) is 1.81. The normalized spacial score (nSPS) is 21.6. The van der Waals surface area contributed by atoms with Crippen LogP contribution >= 0.6 is 0 Å². The summed E-state index contributed by atoms with van der Waals surface area (Å²) in [6.07, 6.45) is -0.0310. The van der Waals surface area contributed by atoms with Gasteiger partial charge in [-0.1, -0.05) is 0 Å². The van der Waals surface area contributed by atoms with Crippen LogP contribution in [-0.2, 0) is 0 Å². The maximum atomic E-state index is 13.0. The number of nitrogens with two attached hydrogens (primary N) is 1. The summed E-state index contributed by atoms with van der Waals surface area (Å²) in [5, 5.41) is 0. The van der Waals surface area contributed by atoms with E-state index in [9.17, 15) is 4.39 Å². The van der Waals surface area contributed by atoms with Gasteiger partial charge in [-0.2, -0.15) is 0 Å². The summed E-state index contributed by atoms with van der Waals surface area (Å²) in [5.41, 5.74) is 8.66. The van der Waals surface area contributed by atoms with E-state index < -0.39 is 6.17 Å². The molecule has 0 bridgehead atoms. The van der Waals surface area contributed by atoms with Crippen molar-refractivity contribution in [3.63, 3.8) is 0 Å². The number of hydrogen-bond acceptors (Lipinski definition) is 2. The van der Waals surface area contributed by atoms with Gasteiger partial charge in [-0.3, -0.25) is 0 Å². The monoisotopic (exact) mass is 194 g/mol. The topological polar surface area (TPSA) is 29.3 Å². The number of hydrogen-bond donors (Lipinski definition) is 1. The Balaban J connectivity index is 2.20. The molecular formula is C11H15FN2. The quantitative estimate of drug-likeness (QED) is 0.694. The van der Waals surface area contributed by atoms with Crippen molar-refractivity contribution >= 4 is 11.4 Å². The van der Waals surface area contributed by atoms with Crippen LogP contribution < -0.4 is 10.6 Å². The zero-order valence-electron chi connectivity index (χ0n) is 8.33. The minimum atomic E-state index is -0.673. The Labute approximate surface area is 83.5 Å². The molecule has 3 heteroatoms. The zero-order chi connectivity index (χ0) is 10.1. The van der Waals surface area contributed by atoms with Crippen LogP contribution in [0.25, 0.3) is 0 Å². The third kappa shape index (κ3) is 1.67. The molecule has 1 atom stereocenters. The van der Waals surface area contributed by atoms with Gasteiger partial charge < -0.3 is 10.6 Å². The first-order chi connectivity index (χ1) is 6.66. The first-order valence-electron chi connectivity index (χ1n) is 4.92. The SMILES string of the molecule is Cc1cc(N2CCC(F)C2)ccc1N. The lowest BCUT2D eigenvalue weighted by Gasteiger charge is -2.18. The lowest BCUT2D eigenvalue weighted by atomic mass is 10.2. The number of anilines is 2. The molecule has 1 aromatic rings. The predicted molar refractivity (Wildman–Crippen MR) is 57.3 cm³/mol. The van der Waals surface area contributed by atoms with Crippen molar-refractivity contribution in [3.8, 4) is 0 Å². The second kappa shape index (κ2) is 3.48. The molecule has 0 aromatic heterocycles. The molecular weight excluding hydrogens is 179 g/mol. The fraction of sp³-hybridized carbons (Fsp3) is 0.455. The van der Waals surface area contributed by atoms with Gasteiger partial charge in [-0.05, 0) is 37.1 Å². The molecule has 2 rings (SSSR count). The Morgan fingerprint density at radius 3 is 2.86 bits per heavy atom. The smallest absolute Gasteiger partial charge is 0.119 e. The predicted octanol–water partition coefficient (Wildman–Crippen LogP) is 2.13. The average Bonchev–Trinajstić information content (AvgIpc) is 2.57. The van der Waals surface area contributed by atoms with E-state index in [1.165, 1.54) is 0 Å². The summed E-state index contributed by atoms with van der Waals surface area (Å²) in [6.45, 7) is 3.30. The first-order valence-corrected chi connectivity index (χ1v) is 4.92. The van der Waals surface area contributed by atoms with Gasteiger partial charge in [0, 0.05) is 24.5 Å². The molecule has 1 aromatic carbocycles. The van der Waals surface area contributed by atoms with Gasteiger partial charge in [-0.25, -0.2) is 4.39 Å². The summed E-state index contributed by atoms with van der Waals surface area (Å²) < 4.78 is 13.0. The second-order valence-electron chi connectivity index (χ2n) is 3.87. The molecule has 1 aliphatic heterocycles. The van der Waals surface area contributed by atoms with Crippen molar-refractivity contribution < 1.29 is 4.39 Å². The summed E-state index contributed by atoms with van der Waals surface area (Å²) in [5.74, 6) is 0. The van der Waals surface area contributed by atoms with Crippen molar-refractivity contribution in [1.82, 2.24) is 0 Å². The van der Waals surface area contributed by atoms with Crippen molar-refractivity contribution in [2.24, 2.45) is 0 Å². The molecule has 0 spiro atoms. The number of benzene rings is 1. The van der Waals surface area contributed by atoms with E-state index in [-0.39, 0.29) is 0 Å². The summed E-state index contributed by atoms with van der Waals surface area (Å²) >= 11 is 0. The lowest BCUT2D eigenvalue weighted by Crippen LogP contribution is -2.19. The standard InChI is InChI=1S/C11H15FN2/c1-8-6-10(2-3-11(8)13)14-5-4-9(12)7-14/h2-3,6,9H,4-5,7,13H2,1H3. The third-order valence-electron chi connectivity index (χ3n) is 2.75. The Kier molecular flexibility index (Phi) is 2.32. The van der Waals surface area contributed by atoms with E-state index in [4.69, 9.17) is 5.73 Å². The fourth-order valence-corrected chi connectivity index (χ4v) is 1.81. The highest BCUT2D eigenvalue weighted by Crippen LogP contribution is 2.24. The summed E-state index contributed by atoms with van der Waals surface area (Å²) in [4.78, 5) is 2.07. The number of nitrogen functional groups attached to an aromatic ring is 1. The van der Waals surface area contributed by atoms with Gasteiger partial charge in [0.1, 0.15) is 6.17 Å². The van der Waals surface area contributed by atoms with Crippen LogP contribution in [0.1, 0.15) is 12.0 Å². The average molecular weight is 194 g/mol. The van der Waals surface area contributed by atoms with Crippen molar-refractivity contribution in [1.29, 1.82) is 0 Å². The van der Waals surface area contributed by atoms with E-state index >= 15 is 0 Å². The molecule has 1 saturated heterocycles. The second-order valence-corrected chi connectivity index (χ2v) is 3.87. The molecule has 1 fully saturated rings. The van der Waals surface area contributed by atoms with Crippen molar-refractivity contribution in [2.75, 3.05) is 23.7 Å². The highest BCUT2D eigenvalue weighted by atomic mass is 19.1. The third-order valence-corrected chi connectivity index (χ3v) is 2.75. The lowest BCUT2D eigenvalue weighted by molar-refractivity contribution is 0.364. The van der Waals surface area contributed by atoms with Gasteiger partial charge in [0.25, 0.3) is 0 Å². The van der Waals surface area contributed by atoms with Gasteiger partial charge in [0.15, 0.2) is 0 Å². The molecule has 0 radical (unpaired) electrons. The zero-order valence-corrected chi connectivity index (χ0v) is 8.33. The molecule has 14 heavy (non-hydrogen) atoms. The van der Waals surface area contributed by atoms with Crippen molar-refractivity contribution in [3.05, 3.63) is 23.8 Å². The Morgan fingerprint density at radius 2 is 2.29 bits per heavy atom. The van der Waals surface area contributed by atoms with Gasteiger partial charge in [0.05, 0.1) is 0 Å². The number of alkyl halides is 1. The van der Waals surface area contributed by atoms with E-state index in [1.54, 1.807) is 0 Å². The molecule has 0 amide bonds. The number of rotatable bonds is 1. The number of aryl methyl sites for hydroxylation is 1. The minimum absolute atomic E-state index is 0.517. The Morgan fingerprint density at radius 1 is 1.50 bits per heavy atom. The van der Waals surface area contributed by atoms with E-state index in [0.717, 1.165) is 23.5 Å². The van der Waals surface area contributed by atoms with E-state index in [1.807, 2.05) is 25.1 Å². The molecule has 2 N–H and O–H groups in total. The summed E-state index contributed by atoms with van der Waals surface area (Å²) in [6, 6.07) is 5.87. The van der Waals surface area contributed by atoms with Crippen molar-refractivity contribution in [2.45, 2.75) is 19.5 Å². The van der Waals surface area contributed by atoms with Crippen LogP contribution in [0.15, 0.2) is 18.2 Å². The van der Waals surface area contributed by atoms with Crippen LogP contribution in [0.5, 0.6) is 0 Å². The van der Waals surface area contributed by atoms with Crippen LogP contribution in [-0.4, -0.2) is 19.3 Å². The van der Waals surface area contributed by atoms with Gasteiger partial charge in [0.2, 0.25) is 0 Å². The molecule has 2 nitrogen and oxygen atoms in total. The van der Waals surface area contributed by atoms with Crippen LogP contribution in [0.4, 0.5) is 15.8 Å². The van der Waals surface area contributed by atoms with E-state index in [2.05, 4.69) is 4.90 Å². The van der Waals surface area contributed by atoms with Crippen LogP contribution in [0, 0.1) is 6.92 Å². The largest absolute Gasteiger partial charge is 0.399 e. The molecule has 0 saturated carbocycles. The van der Waals surface area contributed by atoms with Crippen LogP contribution in [0.3, 0.4) is 0 Å². The highest BCUT2D eigenvalue weighted by Gasteiger charge is 2.21.